The fourth-order valence-corrected chi connectivity index (χ4v) is 4.47. The highest BCUT2D eigenvalue weighted by Gasteiger charge is 2.36. The molecule has 186 valence electrons. The van der Waals surface area contributed by atoms with Crippen LogP contribution in [0.2, 0.25) is 0 Å². The van der Waals surface area contributed by atoms with Gasteiger partial charge < -0.3 is 19.3 Å². The lowest BCUT2D eigenvalue weighted by Gasteiger charge is -2.39. The van der Waals surface area contributed by atoms with E-state index < -0.39 is 17.2 Å². The van der Waals surface area contributed by atoms with E-state index in [0.29, 0.717) is 25.4 Å². The minimum atomic E-state index is -1.60. The molecule has 1 atom stereocenters. The van der Waals surface area contributed by atoms with Crippen molar-refractivity contribution >= 4 is 0 Å². The molecule has 0 aliphatic carbocycles. The zero-order chi connectivity index (χ0) is 24.3. The van der Waals surface area contributed by atoms with Gasteiger partial charge in [-0.1, -0.05) is 6.07 Å². The van der Waals surface area contributed by atoms with E-state index in [9.17, 15) is 13.9 Å². The van der Waals surface area contributed by atoms with E-state index >= 15 is 0 Å². The summed E-state index contributed by atoms with van der Waals surface area (Å²) in [5.74, 6) is 0.662. The SMILES string of the molecule is OC(CN1CCN(CCOc2ccc3c(c2)OCO3)CC1)(Cn1cncn1)c1ccc(F)cc1F. The predicted molar refractivity (Wildman–Crippen MR) is 121 cm³/mol. The van der Waals surface area contributed by atoms with Crippen LogP contribution in [0.5, 0.6) is 17.2 Å². The van der Waals surface area contributed by atoms with Crippen LogP contribution in [0.4, 0.5) is 8.78 Å². The number of benzene rings is 2. The Hall–Kier alpha value is -3.28. The number of halogens is 2. The van der Waals surface area contributed by atoms with Gasteiger partial charge in [-0.25, -0.2) is 18.4 Å². The Kier molecular flexibility index (Phi) is 6.80. The molecule has 2 aliphatic heterocycles. The second kappa shape index (κ2) is 10.1. The van der Waals surface area contributed by atoms with Gasteiger partial charge in [-0.3, -0.25) is 9.80 Å². The molecule has 11 heteroatoms. The van der Waals surface area contributed by atoms with Crippen molar-refractivity contribution in [2.75, 3.05) is 52.7 Å². The largest absolute Gasteiger partial charge is 0.492 e. The van der Waals surface area contributed by atoms with Crippen molar-refractivity contribution in [2.45, 2.75) is 12.1 Å². The first kappa shape index (κ1) is 23.5. The third kappa shape index (κ3) is 5.53. The van der Waals surface area contributed by atoms with Gasteiger partial charge in [0.15, 0.2) is 11.5 Å². The minimum Gasteiger partial charge on any atom is -0.492 e. The van der Waals surface area contributed by atoms with Crippen molar-refractivity contribution in [3.05, 3.63) is 66.3 Å². The molecule has 5 rings (SSSR count). The smallest absolute Gasteiger partial charge is 0.231 e. The fraction of sp³-hybridized carbons (Fsp3) is 0.417. The number of rotatable bonds is 9. The van der Waals surface area contributed by atoms with Gasteiger partial charge in [-0.2, -0.15) is 5.10 Å². The molecule has 0 radical (unpaired) electrons. The van der Waals surface area contributed by atoms with E-state index in [1.165, 1.54) is 23.4 Å². The maximum absolute atomic E-state index is 14.6. The molecule has 2 aromatic carbocycles. The van der Waals surface area contributed by atoms with E-state index in [1.807, 2.05) is 18.2 Å². The summed E-state index contributed by atoms with van der Waals surface area (Å²) >= 11 is 0. The first-order chi connectivity index (χ1) is 17.0. The molecule has 0 bridgehead atoms. The lowest BCUT2D eigenvalue weighted by Crippen LogP contribution is -2.52. The van der Waals surface area contributed by atoms with Gasteiger partial charge in [0.2, 0.25) is 6.79 Å². The summed E-state index contributed by atoms with van der Waals surface area (Å²) < 4.78 is 46.1. The summed E-state index contributed by atoms with van der Waals surface area (Å²) in [4.78, 5) is 8.26. The molecular formula is C24H27F2N5O4. The predicted octanol–water partition coefficient (Wildman–Crippen LogP) is 1.87. The van der Waals surface area contributed by atoms with Crippen LogP contribution in [0.1, 0.15) is 5.56 Å². The summed E-state index contributed by atoms with van der Waals surface area (Å²) in [5.41, 5.74) is -1.57. The van der Waals surface area contributed by atoms with E-state index in [4.69, 9.17) is 14.2 Å². The number of piperazine rings is 1. The van der Waals surface area contributed by atoms with Crippen molar-refractivity contribution in [3.63, 3.8) is 0 Å². The molecule has 1 fully saturated rings. The molecule has 1 saturated heterocycles. The number of fused-ring (bicyclic) bond motifs is 1. The first-order valence-corrected chi connectivity index (χ1v) is 11.5. The van der Waals surface area contributed by atoms with Crippen LogP contribution in [-0.4, -0.2) is 82.3 Å². The number of aromatic nitrogens is 3. The quantitative estimate of drug-likeness (QED) is 0.490. The Morgan fingerprint density at radius 3 is 2.54 bits per heavy atom. The third-order valence-electron chi connectivity index (χ3n) is 6.29. The van der Waals surface area contributed by atoms with E-state index in [2.05, 4.69) is 19.9 Å². The molecule has 2 aliphatic rings. The van der Waals surface area contributed by atoms with E-state index in [-0.39, 0.29) is 25.4 Å². The van der Waals surface area contributed by atoms with Gasteiger partial charge in [0, 0.05) is 57.0 Å². The molecule has 1 unspecified atom stereocenters. The summed E-state index contributed by atoms with van der Waals surface area (Å²) in [7, 11) is 0. The van der Waals surface area contributed by atoms with Gasteiger partial charge >= 0.3 is 0 Å². The summed E-state index contributed by atoms with van der Waals surface area (Å²) in [6.45, 7) is 4.60. The van der Waals surface area contributed by atoms with E-state index in [1.54, 1.807) is 0 Å². The monoisotopic (exact) mass is 487 g/mol. The summed E-state index contributed by atoms with van der Waals surface area (Å²) in [6.07, 6.45) is 2.82. The van der Waals surface area contributed by atoms with Crippen molar-refractivity contribution < 1.29 is 28.1 Å². The molecule has 1 aromatic heterocycles. The maximum atomic E-state index is 14.6. The van der Waals surface area contributed by atoms with Crippen LogP contribution in [0.25, 0.3) is 0 Å². The highest BCUT2D eigenvalue weighted by molar-refractivity contribution is 5.46. The molecule has 9 nitrogen and oxygen atoms in total. The normalized spacial score (nSPS) is 17.9. The number of ether oxygens (including phenoxy) is 3. The van der Waals surface area contributed by atoms with Crippen molar-refractivity contribution in [1.29, 1.82) is 0 Å². The molecule has 0 amide bonds. The topological polar surface area (TPSA) is 85.1 Å². The van der Waals surface area contributed by atoms with Gasteiger partial charge in [0.05, 0.1) is 6.54 Å². The standard InChI is InChI=1S/C24H27F2N5O4/c25-18-1-3-20(21(26)11-18)24(32,14-31-16-27-15-28-31)13-30-7-5-29(6-8-30)9-10-33-19-2-4-22-23(12-19)35-17-34-22/h1-4,11-12,15-16,32H,5-10,13-14,17H2. The highest BCUT2D eigenvalue weighted by Crippen LogP contribution is 2.35. The Balaban J connectivity index is 1.16. The van der Waals surface area contributed by atoms with Crippen LogP contribution in [-0.2, 0) is 12.1 Å². The second-order valence-electron chi connectivity index (χ2n) is 8.73. The highest BCUT2D eigenvalue weighted by atomic mass is 19.1. The Labute approximate surface area is 201 Å². The number of β-amino-alcohol motifs (C(OH)–C–C–N with tert-alkyl or cyclic N) is 1. The zero-order valence-electron chi connectivity index (χ0n) is 19.1. The Morgan fingerprint density at radius 2 is 1.77 bits per heavy atom. The lowest BCUT2D eigenvalue weighted by molar-refractivity contribution is -0.0324. The third-order valence-corrected chi connectivity index (χ3v) is 6.29. The zero-order valence-corrected chi connectivity index (χ0v) is 19.1. The van der Waals surface area contributed by atoms with Crippen LogP contribution in [0, 0.1) is 11.6 Å². The van der Waals surface area contributed by atoms with Gasteiger partial charge in [-0.15, -0.1) is 0 Å². The maximum Gasteiger partial charge on any atom is 0.231 e. The van der Waals surface area contributed by atoms with Gasteiger partial charge in [0.1, 0.15) is 42.2 Å². The number of hydrogen-bond donors (Lipinski definition) is 1. The summed E-state index contributed by atoms with van der Waals surface area (Å²) in [6, 6.07) is 8.76. The molecule has 0 saturated carbocycles. The molecule has 3 aromatic rings. The van der Waals surface area contributed by atoms with Crippen LogP contribution >= 0.6 is 0 Å². The van der Waals surface area contributed by atoms with Crippen LogP contribution < -0.4 is 14.2 Å². The van der Waals surface area contributed by atoms with Crippen molar-refractivity contribution in [3.8, 4) is 17.2 Å². The van der Waals surface area contributed by atoms with Gasteiger partial charge in [-0.05, 0) is 18.2 Å². The number of nitrogens with zero attached hydrogens (tertiary/aromatic N) is 5. The molecular weight excluding hydrogens is 460 g/mol. The van der Waals surface area contributed by atoms with Crippen LogP contribution in [0.3, 0.4) is 0 Å². The lowest BCUT2D eigenvalue weighted by atomic mass is 9.92. The number of aliphatic hydroxyl groups is 1. The van der Waals surface area contributed by atoms with E-state index in [0.717, 1.165) is 43.3 Å². The first-order valence-electron chi connectivity index (χ1n) is 11.5. The molecule has 3 heterocycles. The summed E-state index contributed by atoms with van der Waals surface area (Å²) in [5, 5.41) is 15.6. The minimum absolute atomic E-state index is 0.000854. The van der Waals surface area contributed by atoms with Crippen molar-refractivity contribution in [2.24, 2.45) is 0 Å². The van der Waals surface area contributed by atoms with Gasteiger partial charge in [0.25, 0.3) is 0 Å². The van der Waals surface area contributed by atoms with Crippen LogP contribution in [0.15, 0.2) is 49.1 Å². The average molecular weight is 488 g/mol. The second-order valence-corrected chi connectivity index (χ2v) is 8.73. The Bertz CT molecular complexity index is 1140. The molecule has 0 spiro atoms. The number of hydrogen-bond acceptors (Lipinski definition) is 8. The molecule has 35 heavy (non-hydrogen) atoms. The average Bonchev–Trinajstić information content (AvgIpc) is 3.51. The fourth-order valence-electron chi connectivity index (χ4n) is 4.47. The van der Waals surface area contributed by atoms with Crippen molar-refractivity contribution in [1.82, 2.24) is 24.6 Å². The Morgan fingerprint density at radius 1 is 0.971 bits per heavy atom. The molecule has 1 N–H and O–H groups in total.